The van der Waals surface area contributed by atoms with Gasteiger partial charge in [-0.15, -0.1) is 5.10 Å². The standard InChI is InChI=1S/C10H18N4O2S3/c1-3-11-10-8(12-13-18-10)6-14-4-5-17-7-9(14)19(2,15)16/h9,11H,3-7H2,1-2H3. The molecule has 6 nitrogen and oxygen atoms in total. The number of nitrogens with one attached hydrogen (secondary N) is 1. The van der Waals surface area contributed by atoms with Gasteiger partial charge in [0.15, 0.2) is 9.84 Å². The van der Waals surface area contributed by atoms with E-state index in [1.54, 1.807) is 11.8 Å². The maximum atomic E-state index is 11.8. The minimum Gasteiger partial charge on any atom is -0.374 e. The fourth-order valence-corrected chi connectivity index (χ4v) is 5.57. The molecule has 0 aromatic carbocycles. The van der Waals surface area contributed by atoms with Crippen LogP contribution in [0.5, 0.6) is 0 Å². The third-order valence-electron chi connectivity index (χ3n) is 2.93. The predicted molar refractivity (Wildman–Crippen MR) is 80.4 cm³/mol. The zero-order valence-electron chi connectivity index (χ0n) is 11.0. The van der Waals surface area contributed by atoms with E-state index >= 15 is 0 Å². The molecular formula is C10H18N4O2S3. The van der Waals surface area contributed by atoms with E-state index in [1.807, 2.05) is 11.8 Å². The van der Waals surface area contributed by atoms with Gasteiger partial charge in [0.25, 0.3) is 0 Å². The molecule has 1 N–H and O–H groups in total. The molecule has 0 aliphatic carbocycles. The SMILES string of the molecule is CCNc1snnc1CN1CCSCC1S(C)(=O)=O. The van der Waals surface area contributed by atoms with Crippen molar-refractivity contribution in [3.8, 4) is 0 Å². The van der Waals surface area contributed by atoms with Gasteiger partial charge in [0.2, 0.25) is 0 Å². The fourth-order valence-electron chi connectivity index (χ4n) is 1.99. The van der Waals surface area contributed by atoms with Crippen LogP contribution >= 0.6 is 23.3 Å². The highest BCUT2D eigenvalue weighted by atomic mass is 32.2. The van der Waals surface area contributed by atoms with Gasteiger partial charge in [-0.1, -0.05) is 4.49 Å². The molecule has 1 aromatic heterocycles. The average Bonchev–Trinajstić information content (AvgIpc) is 2.77. The van der Waals surface area contributed by atoms with Crippen molar-refractivity contribution in [1.82, 2.24) is 14.5 Å². The molecular weight excluding hydrogens is 304 g/mol. The molecule has 1 aliphatic rings. The predicted octanol–water partition coefficient (Wildman–Crippen LogP) is 0.889. The van der Waals surface area contributed by atoms with E-state index < -0.39 is 15.2 Å². The van der Waals surface area contributed by atoms with Crippen molar-refractivity contribution in [3.05, 3.63) is 5.69 Å². The molecule has 9 heteroatoms. The molecule has 1 aromatic rings. The molecule has 0 radical (unpaired) electrons. The smallest absolute Gasteiger partial charge is 0.164 e. The zero-order valence-corrected chi connectivity index (χ0v) is 13.4. The molecule has 0 saturated carbocycles. The summed E-state index contributed by atoms with van der Waals surface area (Å²) in [6.07, 6.45) is 1.31. The fraction of sp³-hybridized carbons (Fsp3) is 0.800. The van der Waals surface area contributed by atoms with Gasteiger partial charge in [0.05, 0.1) is 0 Å². The Balaban J connectivity index is 2.13. The summed E-state index contributed by atoms with van der Waals surface area (Å²) >= 11 is 3.01. The van der Waals surface area contributed by atoms with E-state index in [4.69, 9.17) is 0 Å². The van der Waals surface area contributed by atoms with Gasteiger partial charge in [-0.05, 0) is 6.92 Å². The molecule has 0 amide bonds. The van der Waals surface area contributed by atoms with Crippen LogP contribution in [0.3, 0.4) is 0 Å². The lowest BCUT2D eigenvalue weighted by molar-refractivity contribution is 0.259. The molecule has 1 atom stereocenters. The van der Waals surface area contributed by atoms with E-state index in [9.17, 15) is 8.42 Å². The highest BCUT2D eigenvalue weighted by Gasteiger charge is 2.31. The normalized spacial score (nSPS) is 21.5. The van der Waals surface area contributed by atoms with Gasteiger partial charge in [0, 0.05) is 48.9 Å². The summed E-state index contributed by atoms with van der Waals surface area (Å²) < 4.78 is 27.6. The molecule has 1 fully saturated rings. The van der Waals surface area contributed by atoms with Crippen LogP contribution in [0.15, 0.2) is 0 Å². The summed E-state index contributed by atoms with van der Waals surface area (Å²) in [6.45, 7) is 4.13. The van der Waals surface area contributed by atoms with Crippen LogP contribution < -0.4 is 5.32 Å². The first-order chi connectivity index (χ1) is 9.02. The third-order valence-corrected chi connectivity index (χ3v) is 6.34. The molecule has 108 valence electrons. The Bertz CT molecular complexity index is 517. The van der Waals surface area contributed by atoms with Crippen molar-refractivity contribution in [3.63, 3.8) is 0 Å². The minimum absolute atomic E-state index is 0.414. The monoisotopic (exact) mass is 322 g/mol. The molecule has 2 heterocycles. The second-order valence-electron chi connectivity index (χ2n) is 4.41. The first-order valence-corrected chi connectivity index (χ1v) is 9.96. The van der Waals surface area contributed by atoms with Crippen LogP contribution in [0, 0.1) is 0 Å². The molecule has 19 heavy (non-hydrogen) atoms. The summed E-state index contributed by atoms with van der Waals surface area (Å²) in [4.78, 5) is 1.99. The number of hydrogen-bond donors (Lipinski definition) is 1. The first-order valence-electron chi connectivity index (χ1n) is 6.08. The van der Waals surface area contributed by atoms with Crippen LogP contribution in [-0.4, -0.2) is 59.1 Å². The van der Waals surface area contributed by atoms with Crippen molar-refractivity contribution in [2.45, 2.75) is 18.8 Å². The Kier molecular flexibility index (Phi) is 5.04. The minimum atomic E-state index is -3.06. The average molecular weight is 322 g/mol. The summed E-state index contributed by atoms with van der Waals surface area (Å²) in [5.74, 6) is 1.59. The second-order valence-corrected chi connectivity index (χ2v) is 8.52. The van der Waals surface area contributed by atoms with Crippen molar-refractivity contribution < 1.29 is 8.42 Å². The van der Waals surface area contributed by atoms with Gasteiger partial charge < -0.3 is 5.32 Å². The summed E-state index contributed by atoms with van der Waals surface area (Å²) in [5.41, 5.74) is 0.840. The van der Waals surface area contributed by atoms with Gasteiger partial charge in [0.1, 0.15) is 16.1 Å². The van der Waals surface area contributed by atoms with Crippen molar-refractivity contribution in [1.29, 1.82) is 0 Å². The summed E-state index contributed by atoms with van der Waals surface area (Å²) in [7, 11) is -3.06. The Hall–Kier alpha value is -0.380. The summed E-state index contributed by atoms with van der Waals surface area (Å²) in [6, 6.07) is 0. The molecule has 0 bridgehead atoms. The molecule has 1 unspecified atom stereocenters. The Morgan fingerprint density at radius 1 is 1.53 bits per heavy atom. The number of aromatic nitrogens is 2. The van der Waals surface area contributed by atoms with E-state index in [2.05, 4.69) is 14.9 Å². The highest BCUT2D eigenvalue weighted by Crippen LogP contribution is 2.25. The number of rotatable bonds is 5. The number of sulfone groups is 1. The van der Waals surface area contributed by atoms with Gasteiger partial charge in [-0.25, -0.2) is 8.42 Å². The maximum Gasteiger partial charge on any atom is 0.164 e. The lowest BCUT2D eigenvalue weighted by atomic mass is 10.4. The third kappa shape index (κ3) is 3.80. The molecule has 1 aliphatic heterocycles. The van der Waals surface area contributed by atoms with Crippen LogP contribution in [0.1, 0.15) is 12.6 Å². The number of hydrogen-bond acceptors (Lipinski definition) is 8. The van der Waals surface area contributed by atoms with Crippen LogP contribution in [0.4, 0.5) is 5.00 Å². The summed E-state index contributed by atoms with van der Waals surface area (Å²) in [5, 5.41) is 7.84. The number of thioether (sulfide) groups is 1. The van der Waals surface area contributed by atoms with E-state index in [0.717, 1.165) is 29.5 Å². The second kappa shape index (κ2) is 6.38. The topological polar surface area (TPSA) is 75.2 Å². The Labute approximate surface area is 122 Å². The first kappa shape index (κ1) is 15.0. The van der Waals surface area contributed by atoms with Crippen molar-refractivity contribution >= 4 is 38.1 Å². The van der Waals surface area contributed by atoms with Crippen molar-refractivity contribution in [2.75, 3.05) is 36.2 Å². The highest BCUT2D eigenvalue weighted by molar-refractivity contribution is 8.00. The van der Waals surface area contributed by atoms with E-state index in [1.165, 1.54) is 17.8 Å². The molecule has 0 spiro atoms. The van der Waals surface area contributed by atoms with E-state index in [0.29, 0.717) is 12.3 Å². The number of nitrogens with zero attached hydrogens (tertiary/aromatic N) is 3. The lowest BCUT2D eigenvalue weighted by Gasteiger charge is -2.33. The Morgan fingerprint density at radius 3 is 3.00 bits per heavy atom. The quantitative estimate of drug-likeness (QED) is 0.863. The lowest BCUT2D eigenvalue weighted by Crippen LogP contribution is -2.46. The Morgan fingerprint density at radius 2 is 2.32 bits per heavy atom. The van der Waals surface area contributed by atoms with Crippen LogP contribution in [0.25, 0.3) is 0 Å². The van der Waals surface area contributed by atoms with Gasteiger partial charge >= 0.3 is 0 Å². The zero-order chi connectivity index (χ0) is 13.9. The van der Waals surface area contributed by atoms with Crippen LogP contribution in [-0.2, 0) is 16.4 Å². The van der Waals surface area contributed by atoms with Gasteiger partial charge in [-0.3, -0.25) is 4.90 Å². The van der Waals surface area contributed by atoms with Crippen molar-refractivity contribution in [2.24, 2.45) is 0 Å². The maximum absolute atomic E-state index is 11.8. The molecule has 2 rings (SSSR count). The largest absolute Gasteiger partial charge is 0.374 e. The molecule has 1 saturated heterocycles. The number of anilines is 1. The van der Waals surface area contributed by atoms with Crippen LogP contribution in [0.2, 0.25) is 0 Å². The van der Waals surface area contributed by atoms with E-state index in [-0.39, 0.29) is 0 Å². The van der Waals surface area contributed by atoms with Gasteiger partial charge in [-0.2, -0.15) is 11.8 Å².